The van der Waals surface area contributed by atoms with Gasteiger partial charge in [0.05, 0.1) is 19.8 Å². The molecule has 0 saturated carbocycles. The zero-order valence-corrected chi connectivity index (χ0v) is 17.9. The molecule has 0 fully saturated rings. The van der Waals surface area contributed by atoms with Crippen molar-refractivity contribution in [3.63, 3.8) is 0 Å². The average molecular weight is 416 g/mol. The number of ether oxygens (including phenoxy) is 3. The summed E-state index contributed by atoms with van der Waals surface area (Å²) in [5.74, 6) is -0.530. The Morgan fingerprint density at radius 3 is 2.50 bits per heavy atom. The molecule has 3 rings (SSSR count). The summed E-state index contributed by atoms with van der Waals surface area (Å²) < 4.78 is 18.0. The van der Waals surface area contributed by atoms with E-state index >= 15 is 0 Å². The molecule has 30 heavy (non-hydrogen) atoms. The van der Waals surface area contributed by atoms with Gasteiger partial charge >= 0.3 is 11.9 Å². The molecule has 162 valence electrons. The van der Waals surface area contributed by atoms with Crippen LogP contribution in [0.5, 0.6) is 11.5 Å². The number of carbonyl (C=O) groups excluding carboxylic acids is 1. The number of nitrogens with zero attached hydrogens (tertiary/aromatic N) is 2. The van der Waals surface area contributed by atoms with Gasteiger partial charge in [0.15, 0.2) is 11.5 Å². The van der Waals surface area contributed by atoms with Gasteiger partial charge in [-0.2, -0.15) is 0 Å². The topological polar surface area (TPSA) is 90.2 Å². The number of fused-ring (bicyclic) bond motifs is 3. The van der Waals surface area contributed by atoms with Crippen LogP contribution in [0.25, 0.3) is 11.3 Å². The predicted octanol–water partition coefficient (Wildman–Crippen LogP) is 2.93. The summed E-state index contributed by atoms with van der Waals surface area (Å²) in [5, 5.41) is 9.80. The normalized spacial score (nSPS) is 12.3. The first kappa shape index (κ1) is 21.7. The standard InChI is InChI=1S/C22H28N2O6/c1-5-23(6-2)11-12-30-22(27)16-13-17-14-7-8-18(28-3)20(29-4)15(14)9-10-24(17)19(16)21(25)26/h7-8,13H,5-6,9-12H2,1-4H3,(H,25,26). The first-order valence-corrected chi connectivity index (χ1v) is 10.1. The van der Waals surface area contributed by atoms with Crippen LogP contribution in [0.1, 0.15) is 40.3 Å². The molecule has 8 heteroatoms. The van der Waals surface area contributed by atoms with Crippen LogP contribution in [0, 0.1) is 0 Å². The molecule has 0 atom stereocenters. The molecule has 1 N–H and O–H groups in total. The Kier molecular flexibility index (Phi) is 6.66. The minimum Gasteiger partial charge on any atom is -0.493 e. The van der Waals surface area contributed by atoms with Crippen molar-refractivity contribution >= 4 is 11.9 Å². The Bertz CT molecular complexity index is 946. The van der Waals surface area contributed by atoms with Gasteiger partial charge in [-0.15, -0.1) is 0 Å². The predicted molar refractivity (Wildman–Crippen MR) is 112 cm³/mol. The Hall–Kier alpha value is -3.00. The summed E-state index contributed by atoms with van der Waals surface area (Å²) in [7, 11) is 3.15. The van der Waals surface area contributed by atoms with Crippen LogP contribution in [0.4, 0.5) is 0 Å². The lowest BCUT2D eigenvalue weighted by Gasteiger charge is -2.23. The minimum atomic E-state index is -1.15. The van der Waals surface area contributed by atoms with E-state index < -0.39 is 11.9 Å². The van der Waals surface area contributed by atoms with E-state index in [0.717, 1.165) is 24.2 Å². The summed E-state index contributed by atoms with van der Waals surface area (Å²) in [5.41, 5.74) is 2.44. The maximum atomic E-state index is 12.7. The third-order valence-electron chi connectivity index (χ3n) is 5.56. The van der Waals surface area contributed by atoms with Crippen molar-refractivity contribution in [2.24, 2.45) is 0 Å². The Morgan fingerprint density at radius 1 is 1.17 bits per heavy atom. The first-order valence-electron chi connectivity index (χ1n) is 10.1. The molecule has 0 saturated heterocycles. The molecule has 0 spiro atoms. The van der Waals surface area contributed by atoms with Crippen LogP contribution in [0.3, 0.4) is 0 Å². The van der Waals surface area contributed by atoms with E-state index in [4.69, 9.17) is 14.2 Å². The maximum absolute atomic E-state index is 12.7. The zero-order chi connectivity index (χ0) is 21.8. The number of aromatic carboxylic acids is 1. The fourth-order valence-electron chi connectivity index (χ4n) is 3.98. The summed E-state index contributed by atoms with van der Waals surface area (Å²) in [6, 6.07) is 5.25. The monoisotopic (exact) mass is 416 g/mol. The number of aromatic nitrogens is 1. The highest BCUT2D eigenvalue weighted by molar-refractivity contribution is 6.03. The van der Waals surface area contributed by atoms with Gasteiger partial charge in [-0.05, 0) is 37.7 Å². The van der Waals surface area contributed by atoms with Crippen molar-refractivity contribution in [2.45, 2.75) is 26.8 Å². The quantitative estimate of drug-likeness (QED) is 0.629. The van der Waals surface area contributed by atoms with Crippen molar-refractivity contribution < 1.29 is 28.9 Å². The molecular formula is C22H28N2O6. The molecule has 8 nitrogen and oxygen atoms in total. The molecule has 2 aromatic rings. The van der Waals surface area contributed by atoms with Crippen molar-refractivity contribution in [1.29, 1.82) is 0 Å². The van der Waals surface area contributed by atoms with Crippen LogP contribution in [-0.4, -0.2) is 67.0 Å². The molecular weight excluding hydrogens is 388 g/mol. The summed E-state index contributed by atoms with van der Waals surface area (Å²) >= 11 is 0. The fraction of sp³-hybridized carbons (Fsp3) is 0.455. The van der Waals surface area contributed by atoms with Crippen LogP contribution in [-0.2, 0) is 17.7 Å². The van der Waals surface area contributed by atoms with E-state index in [1.54, 1.807) is 30.9 Å². The molecule has 0 radical (unpaired) electrons. The van der Waals surface area contributed by atoms with E-state index in [1.807, 2.05) is 19.9 Å². The Morgan fingerprint density at radius 2 is 1.90 bits per heavy atom. The van der Waals surface area contributed by atoms with Crippen molar-refractivity contribution in [2.75, 3.05) is 40.5 Å². The fourth-order valence-corrected chi connectivity index (χ4v) is 3.98. The molecule has 0 bridgehead atoms. The van der Waals surface area contributed by atoms with Gasteiger partial charge in [0, 0.05) is 29.9 Å². The van der Waals surface area contributed by atoms with Crippen LogP contribution in [0.15, 0.2) is 18.2 Å². The molecule has 0 unspecified atom stereocenters. The molecule has 0 aliphatic carbocycles. The third kappa shape index (κ3) is 3.87. The van der Waals surface area contributed by atoms with Crippen LogP contribution >= 0.6 is 0 Å². The average Bonchev–Trinajstić information content (AvgIpc) is 3.16. The van der Waals surface area contributed by atoms with E-state index in [1.165, 1.54) is 0 Å². The first-order chi connectivity index (χ1) is 14.5. The van der Waals surface area contributed by atoms with Crippen molar-refractivity contribution in [3.05, 3.63) is 35.0 Å². The lowest BCUT2D eigenvalue weighted by molar-refractivity contribution is 0.0456. The second kappa shape index (κ2) is 9.21. The highest BCUT2D eigenvalue weighted by Gasteiger charge is 2.31. The second-order valence-corrected chi connectivity index (χ2v) is 6.99. The number of carboxylic acids is 1. The SMILES string of the molecule is CCN(CC)CCOC(=O)c1cc2n(c1C(=O)O)CCc1c-2ccc(OC)c1OC. The third-order valence-corrected chi connectivity index (χ3v) is 5.56. The van der Waals surface area contributed by atoms with E-state index in [9.17, 15) is 14.7 Å². The number of rotatable bonds is 9. The lowest BCUT2D eigenvalue weighted by Crippen LogP contribution is -2.28. The number of benzene rings is 1. The van der Waals surface area contributed by atoms with Crippen LogP contribution < -0.4 is 9.47 Å². The van der Waals surface area contributed by atoms with E-state index in [2.05, 4.69) is 4.90 Å². The van der Waals surface area contributed by atoms with Gasteiger partial charge in [-0.1, -0.05) is 13.8 Å². The molecule has 1 aromatic heterocycles. The molecule has 1 aliphatic heterocycles. The summed E-state index contributed by atoms with van der Waals surface area (Å²) in [6.45, 7) is 7.03. The van der Waals surface area contributed by atoms with Gasteiger partial charge in [-0.3, -0.25) is 0 Å². The number of hydrogen-bond donors (Lipinski definition) is 1. The number of likely N-dealkylation sites (N-methyl/N-ethyl adjacent to an activating group) is 1. The summed E-state index contributed by atoms with van der Waals surface area (Å²) in [4.78, 5) is 26.8. The second-order valence-electron chi connectivity index (χ2n) is 6.99. The van der Waals surface area contributed by atoms with Crippen molar-refractivity contribution in [3.8, 4) is 22.8 Å². The van der Waals surface area contributed by atoms with Crippen LogP contribution in [0.2, 0.25) is 0 Å². The highest BCUT2D eigenvalue weighted by atomic mass is 16.5. The lowest BCUT2D eigenvalue weighted by atomic mass is 9.97. The number of carboxylic acid groups (broad SMARTS) is 1. The van der Waals surface area contributed by atoms with Gasteiger partial charge in [0.1, 0.15) is 12.3 Å². The van der Waals surface area contributed by atoms with Gasteiger partial charge in [0.25, 0.3) is 0 Å². The smallest absolute Gasteiger partial charge is 0.353 e. The molecule has 1 aliphatic rings. The number of carbonyl (C=O) groups is 2. The number of hydrogen-bond acceptors (Lipinski definition) is 6. The highest BCUT2D eigenvalue weighted by Crippen LogP contribution is 2.42. The van der Waals surface area contributed by atoms with Gasteiger partial charge < -0.3 is 28.8 Å². The number of esters is 1. The molecule has 2 heterocycles. The number of methoxy groups -OCH3 is 2. The van der Waals surface area contributed by atoms with Crippen molar-refractivity contribution in [1.82, 2.24) is 9.47 Å². The molecule has 1 aromatic carbocycles. The minimum absolute atomic E-state index is 0.0433. The van der Waals surface area contributed by atoms with Gasteiger partial charge in [-0.25, -0.2) is 9.59 Å². The van der Waals surface area contributed by atoms with Gasteiger partial charge in [0.2, 0.25) is 0 Å². The molecule has 0 amide bonds. The largest absolute Gasteiger partial charge is 0.493 e. The zero-order valence-electron chi connectivity index (χ0n) is 17.9. The summed E-state index contributed by atoms with van der Waals surface area (Å²) in [6.07, 6.45) is 0.564. The van der Waals surface area contributed by atoms with E-state index in [0.29, 0.717) is 36.7 Å². The van der Waals surface area contributed by atoms with E-state index in [-0.39, 0.29) is 17.9 Å². The Balaban J connectivity index is 1.97. The maximum Gasteiger partial charge on any atom is 0.353 e. The Labute approximate surface area is 175 Å².